The van der Waals surface area contributed by atoms with Gasteiger partial charge in [-0.15, -0.1) is 0 Å². The summed E-state index contributed by atoms with van der Waals surface area (Å²) in [5, 5.41) is 9.57. The third kappa shape index (κ3) is 3.71. The highest BCUT2D eigenvalue weighted by Gasteiger charge is 2.30. The van der Waals surface area contributed by atoms with Gasteiger partial charge < -0.3 is 14.2 Å². The molecule has 1 unspecified atom stereocenters. The quantitative estimate of drug-likeness (QED) is 0.644. The number of carbonyl (C=O) groups excluding carboxylic acids is 1. The number of nitrogens with zero attached hydrogens (tertiary/aromatic N) is 5. The number of likely N-dealkylation sites (tertiary alicyclic amines) is 1. The number of fused-ring (bicyclic) bond motifs is 1. The van der Waals surface area contributed by atoms with Crippen LogP contribution >= 0.6 is 0 Å². The lowest BCUT2D eigenvalue weighted by Gasteiger charge is -2.17. The van der Waals surface area contributed by atoms with E-state index in [1.165, 1.54) is 0 Å². The molecule has 4 heterocycles. The van der Waals surface area contributed by atoms with Crippen LogP contribution < -0.4 is 0 Å². The number of benzene rings is 1. The van der Waals surface area contributed by atoms with E-state index in [-0.39, 0.29) is 5.91 Å². The van der Waals surface area contributed by atoms with Crippen molar-refractivity contribution in [3.8, 4) is 0 Å². The molecule has 0 N–H and O–H groups in total. The molecular weight excluding hydrogens is 382 g/mol. The van der Waals surface area contributed by atoms with Crippen molar-refractivity contribution in [1.29, 1.82) is 0 Å². The smallest absolute Gasteiger partial charge is 0.275 e. The second-order valence-electron chi connectivity index (χ2n) is 8.37. The van der Waals surface area contributed by atoms with Crippen LogP contribution in [-0.2, 0) is 18.2 Å². The molecule has 0 saturated carbocycles. The molecule has 1 aromatic carbocycles. The van der Waals surface area contributed by atoms with Gasteiger partial charge in [-0.25, -0.2) is 0 Å². The first-order valence-corrected chi connectivity index (χ1v) is 10.8. The van der Waals surface area contributed by atoms with Gasteiger partial charge in [-0.05, 0) is 37.7 Å². The lowest BCUT2D eigenvalue weighted by Crippen LogP contribution is -2.29. The van der Waals surface area contributed by atoms with Gasteiger partial charge >= 0.3 is 0 Å². The van der Waals surface area contributed by atoms with E-state index < -0.39 is 0 Å². The van der Waals surface area contributed by atoms with Gasteiger partial charge in [0.15, 0.2) is 11.5 Å². The summed E-state index contributed by atoms with van der Waals surface area (Å²) in [6, 6.07) is 7.88. The number of aryl methyl sites for hydroxylation is 2. The number of carbonyl (C=O) groups is 1. The molecule has 30 heavy (non-hydrogen) atoms. The lowest BCUT2D eigenvalue weighted by molar-refractivity contribution is 0.0778. The molecule has 2 saturated heterocycles. The highest BCUT2D eigenvalue weighted by atomic mass is 16.5. The first-order valence-electron chi connectivity index (χ1n) is 10.8. The molecule has 2 aromatic heterocycles. The molecule has 0 aliphatic carbocycles. The number of rotatable bonds is 5. The Hall–Kier alpha value is -2.74. The minimum absolute atomic E-state index is 0.0238. The number of amides is 1. The Kier molecular flexibility index (Phi) is 5.25. The zero-order valence-corrected chi connectivity index (χ0v) is 17.3. The third-order valence-electron chi connectivity index (χ3n) is 6.36. The van der Waals surface area contributed by atoms with E-state index in [0.29, 0.717) is 17.5 Å². The van der Waals surface area contributed by atoms with Gasteiger partial charge in [-0.1, -0.05) is 23.4 Å². The van der Waals surface area contributed by atoms with Crippen LogP contribution in [0.25, 0.3) is 10.9 Å². The molecule has 158 valence electrons. The van der Waals surface area contributed by atoms with Crippen molar-refractivity contribution in [1.82, 2.24) is 24.8 Å². The van der Waals surface area contributed by atoms with Crippen LogP contribution in [0, 0.1) is 5.92 Å². The van der Waals surface area contributed by atoms with Crippen molar-refractivity contribution in [2.75, 3.05) is 26.3 Å². The zero-order valence-electron chi connectivity index (χ0n) is 17.3. The average Bonchev–Trinajstić information content (AvgIpc) is 3.52. The Bertz CT molecular complexity index is 1040. The van der Waals surface area contributed by atoms with Gasteiger partial charge in [0.05, 0.1) is 5.52 Å². The molecule has 0 bridgehead atoms. The van der Waals surface area contributed by atoms with E-state index >= 15 is 0 Å². The van der Waals surface area contributed by atoms with Gasteiger partial charge in [0.25, 0.3) is 5.91 Å². The second kappa shape index (κ2) is 8.18. The molecule has 2 fully saturated rings. The second-order valence-corrected chi connectivity index (χ2v) is 8.37. The summed E-state index contributed by atoms with van der Waals surface area (Å²) < 4.78 is 12.7. The van der Waals surface area contributed by atoms with Gasteiger partial charge in [0, 0.05) is 51.1 Å². The Balaban J connectivity index is 1.18. The minimum Gasteiger partial charge on any atom is -0.381 e. The summed E-state index contributed by atoms with van der Waals surface area (Å²) in [5.74, 6) is 2.33. The monoisotopic (exact) mass is 409 g/mol. The number of hydrogen-bond donors (Lipinski definition) is 0. The normalized spacial score (nSPS) is 20.3. The molecular formula is C22H27N5O3. The van der Waals surface area contributed by atoms with Crippen LogP contribution in [-0.4, -0.2) is 57.0 Å². The maximum absolute atomic E-state index is 13.1. The molecule has 5 rings (SSSR count). The Morgan fingerprint density at radius 3 is 2.90 bits per heavy atom. The summed E-state index contributed by atoms with van der Waals surface area (Å²) >= 11 is 0. The van der Waals surface area contributed by atoms with Gasteiger partial charge in [-0.3, -0.25) is 9.48 Å². The fourth-order valence-corrected chi connectivity index (χ4v) is 4.59. The molecule has 0 spiro atoms. The third-order valence-corrected chi connectivity index (χ3v) is 6.36. The summed E-state index contributed by atoms with van der Waals surface area (Å²) in [4.78, 5) is 19.6. The average molecular weight is 409 g/mol. The summed E-state index contributed by atoms with van der Waals surface area (Å²) in [6.45, 7) is 3.06. The van der Waals surface area contributed by atoms with Crippen molar-refractivity contribution in [2.24, 2.45) is 13.0 Å². The SMILES string of the molecule is Cn1nc(C(=O)N2CCC(CCc3noc(C4CCOCC4)n3)C2)c2ccccc21. The van der Waals surface area contributed by atoms with Crippen LogP contribution in [0.3, 0.4) is 0 Å². The molecule has 0 radical (unpaired) electrons. The molecule has 8 heteroatoms. The maximum Gasteiger partial charge on any atom is 0.275 e. The summed E-state index contributed by atoms with van der Waals surface area (Å²) in [5.41, 5.74) is 1.53. The fourth-order valence-electron chi connectivity index (χ4n) is 4.59. The van der Waals surface area contributed by atoms with Crippen LogP contribution in [0.15, 0.2) is 28.8 Å². The van der Waals surface area contributed by atoms with Crippen molar-refractivity contribution < 1.29 is 14.1 Å². The predicted octanol–water partition coefficient (Wildman–Crippen LogP) is 2.95. The fraction of sp³-hybridized carbons (Fsp3) is 0.545. The first kappa shape index (κ1) is 19.2. The van der Waals surface area contributed by atoms with E-state index in [1.807, 2.05) is 36.2 Å². The van der Waals surface area contributed by atoms with Gasteiger partial charge in [0.1, 0.15) is 0 Å². The van der Waals surface area contributed by atoms with Crippen molar-refractivity contribution in [3.63, 3.8) is 0 Å². The van der Waals surface area contributed by atoms with Crippen LogP contribution in [0.2, 0.25) is 0 Å². The van der Waals surface area contributed by atoms with E-state index in [1.54, 1.807) is 4.68 Å². The lowest BCUT2D eigenvalue weighted by atomic mass is 10.0. The van der Waals surface area contributed by atoms with Crippen LogP contribution in [0.4, 0.5) is 0 Å². The van der Waals surface area contributed by atoms with Crippen molar-refractivity contribution in [2.45, 2.75) is 38.0 Å². The molecule has 2 aliphatic rings. The zero-order chi connectivity index (χ0) is 20.5. The largest absolute Gasteiger partial charge is 0.381 e. The maximum atomic E-state index is 13.1. The predicted molar refractivity (Wildman–Crippen MR) is 110 cm³/mol. The first-order chi connectivity index (χ1) is 14.7. The molecule has 1 amide bonds. The van der Waals surface area contributed by atoms with E-state index in [2.05, 4.69) is 15.2 Å². The number of aromatic nitrogens is 4. The number of ether oxygens (including phenoxy) is 1. The Labute approximate surface area is 175 Å². The van der Waals surface area contributed by atoms with Crippen LogP contribution in [0.5, 0.6) is 0 Å². The van der Waals surface area contributed by atoms with E-state index in [4.69, 9.17) is 9.26 Å². The highest BCUT2D eigenvalue weighted by Crippen LogP contribution is 2.27. The Morgan fingerprint density at radius 1 is 1.20 bits per heavy atom. The Morgan fingerprint density at radius 2 is 2.03 bits per heavy atom. The molecule has 3 aromatic rings. The molecule has 8 nitrogen and oxygen atoms in total. The topological polar surface area (TPSA) is 86.3 Å². The standard InChI is InChI=1S/C22H27N5O3/c1-26-18-5-3-2-4-17(18)20(24-26)22(28)27-11-8-15(14-27)6-7-19-23-21(30-25-19)16-9-12-29-13-10-16/h2-5,15-16H,6-14H2,1H3. The molecule has 1 atom stereocenters. The van der Waals surface area contributed by atoms with Crippen molar-refractivity contribution >= 4 is 16.8 Å². The minimum atomic E-state index is 0.0238. The summed E-state index contributed by atoms with van der Waals surface area (Å²) in [6.07, 6.45) is 4.64. The summed E-state index contributed by atoms with van der Waals surface area (Å²) in [7, 11) is 1.88. The van der Waals surface area contributed by atoms with Gasteiger partial charge in [0.2, 0.25) is 5.89 Å². The van der Waals surface area contributed by atoms with Crippen LogP contribution in [0.1, 0.15) is 53.8 Å². The highest BCUT2D eigenvalue weighted by molar-refractivity contribution is 6.04. The van der Waals surface area contributed by atoms with Crippen molar-refractivity contribution in [3.05, 3.63) is 41.7 Å². The van der Waals surface area contributed by atoms with E-state index in [0.717, 1.165) is 81.0 Å². The van der Waals surface area contributed by atoms with Gasteiger partial charge in [-0.2, -0.15) is 10.1 Å². The number of para-hydroxylation sites is 1. The van der Waals surface area contributed by atoms with E-state index in [9.17, 15) is 4.79 Å². The number of hydrogen-bond acceptors (Lipinski definition) is 6. The molecule has 2 aliphatic heterocycles.